The molecule has 2 aromatic rings. The van der Waals surface area contributed by atoms with Gasteiger partial charge in [-0.15, -0.1) is 4.89 Å². The molecule has 0 bridgehead atoms. The van der Waals surface area contributed by atoms with E-state index in [9.17, 15) is 8.96 Å². The molecule has 0 aliphatic rings. The van der Waals surface area contributed by atoms with Crippen molar-refractivity contribution in [3.63, 3.8) is 0 Å². The zero-order valence-corrected chi connectivity index (χ0v) is 10.8. The highest BCUT2D eigenvalue weighted by Gasteiger charge is 2.15. The molecule has 0 saturated carbocycles. The molecule has 0 aliphatic carbocycles. The van der Waals surface area contributed by atoms with Crippen LogP contribution in [0.2, 0.25) is 0 Å². The van der Waals surface area contributed by atoms with Crippen LogP contribution in [0, 0.1) is 5.95 Å². The summed E-state index contributed by atoms with van der Waals surface area (Å²) in [4.78, 5) is 19.6. The smallest absolute Gasteiger partial charge is 0.346 e. The molecule has 102 valence electrons. The Hall–Kier alpha value is -1.54. The van der Waals surface area contributed by atoms with Crippen molar-refractivity contribution < 1.29 is 23.1 Å². The van der Waals surface area contributed by atoms with E-state index in [4.69, 9.17) is 9.63 Å². The van der Waals surface area contributed by atoms with Crippen LogP contribution < -0.4 is 0 Å². The Labute approximate surface area is 108 Å². The lowest BCUT2D eigenvalue weighted by Gasteiger charge is -2.11. The van der Waals surface area contributed by atoms with Crippen molar-refractivity contribution in [1.82, 2.24) is 19.5 Å². The molecule has 2 aromatic heterocycles. The lowest BCUT2D eigenvalue weighted by Crippen LogP contribution is -2.17. The Morgan fingerprint density at radius 3 is 3.05 bits per heavy atom. The van der Waals surface area contributed by atoms with Crippen LogP contribution in [0.5, 0.6) is 0 Å². The van der Waals surface area contributed by atoms with E-state index in [2.05, 4.69) is 19.5 Å². The fourth-order valence-electron chi connectivity index (χ4n) is 1.51. The average molecular weight is 289 g/mol. The van der Waals surface area contributed by atoms with Crippen LogP contribution in [-0.4, -0.2) is 37.3 Å². The molecule has 10 heteroatoms. The molecule has 1 N–H and O–H groups in total. The highest BCUT2D eigenvalue weighted by molar-refractivity contribution is 7.32. The number of hydrogen-bond acceptors (Lipinski definition) is 6. The molecule has 0 aromatic carbocycles. The number of imidazole rings is 1. The monoisotopic (exact) mass is 289 g/mol. The molecule has 0 fully saturated rings. The summed E-state index contributed by atoms with van der Waals surface area (Å²) in [5.74, 6) is -0.682. The van der Waals surface area contributed by atoms with Crippen LogP contribution in [0.25, 0.3) is 11.2 Å². The van der Waals surface area contributed by atoms with E-state index in [1.807, 2.05) is 0 Å². The van der Waals surface area contributed by atoms with E-state index in [0.717, 1.165) is 6.33 Å². The summed E-state index contributed by atoms with van der Waals surface area (Å²) in [6, 6.07) is 0. The van der Waals surface area contributed by atoms with Crippen LogP contribution in [0.3, 0.4) is 0 Å². The summed E-state index contributed by atoms with van der Waals surface area (Å²) in [5, 5.41) is 0. The van der Waals surface area contributed by atoms with Gasteiger partial charge in [0.25, 0.3) is 0 Å². The summed E-state index contributed by atoms with van der Waals surface area (Å²) in [6.45, 7) is 1.78. The van der Waals surface area contributed by atoms with Gasteiger partial charge in [-0.2, -0.15) is 4.39 Å². The number of halogens is 1. The Morgan fingerprint density at radius 1 is 1.53 bits per heavy atom. The highest BCUT2D eigenvalue weighted by Crippen LogP contribution is 2.15. The lowest BCUT2D eigenvalue weighted by molar-refractivity contribution is -0.0346. The molecule has 2 atom stereocenters. The summed E-state index contributed by atoms with van der Waals surface area (Å²) >= 11 is 0. The topological polar surface area (TPSA) is 99.4 Å². The summed E-state index contributed by atoms with van der Waals surface area (Å²) < 4.78 is 34.7. The second kappa shape index (κ2) is 6.07. The van der Waals surface area contributed by atoms with Crippen molar-refractivity contribution in [2.75, 3.05) is 6.79 Å². The number of aromatic nitrogens is 4. The fraction of sp³-hybridized carbons (Fsp3) is 0.444. The van der Waals surface area contributed by atoms with Gasteiger partial charge in [0.2, 0.25) is 12.7 Å². The van der Waals surface area contributed by atoms with E-state index in [-0.39, 0.29) is 18.4 Å². The number of hydrogen-bond donors (Lipinski definition) is 1. The van der Waals surface area contributed by atoms with Crippen molar-refractivity contribution in [3.05, 3.63) is 18.6 Å². The van der Waals surface area contributed by atoms with E-state index in [1.165, 1.54) is 6.33 Å². The standard InChI is InChI=1S/C9H10FN4O4P/c1-6(17-5-18-19(15)16)2-14-4-13-7-8(10)11-3-12-9(7)14/h3-4,6H,2,5H2,1H3/p+1/t6-/m1/s1. The number of nitrogens with zero attached hydrogens (tertiary/aromatic N) is 4. The molecule has 0 amide bonds. The minimum absolute atomic E-state index is 0.0874. The molecular formula is C9H11FN4O4P+. The van der Waals surface area contributed by atoms with E-state index in [0.29, 0.717) is 12.2 Å². The summed E-state index contributed by atoms with van der Waals surface area (Å²) in [6.07, 6.45) is 2.21. The molecule has 0 aliphatic heterocycles. The molecule has 2 heterocycles. The van der Waals surface area contributed by atoms with Gasteiger partial charge in [0.1, 0.15) is 6.33 Å². The molecule has 8 nitrogen and oxygen atoms in total. The van der Waals surface area contributed by atoms with Gasteiger partial charge in [-0.25, -0.2) is 15.0 Å². The first-order chi connectivity index (χ1) is 9.08. The molecule has 2 rings (SSSR count). The summed E-state index contributed by atoms with van der Waals surface area (Å²) in [5.41, 5.74) is 0.446. The van der Waals surface area contributed by atoms with Gasteiger partial charge in [0.05, 0.1) is 19.0 Å². The molecule has 19 heavy (non-hydrogen) atoms. The fourth-order valence-corrected chi connectivity index (χ4v) is 1.66. The molecule has 1 unspecified atom stereocenters. The zero-order chi connectivity index (χ0) is 13.8. The Kier molecular flexibility index (Phi) is 4.43. The Bertz CT molecular complexity index is 593. The van der Waals surface area contributed by atoms with Crippen molar-refractivity contribution in [3.8, 4) is 0 Å². The first-order valence-corrected chi connectivity index (χ1v) is 6.43. The van der Waals surface area contributed by atoms with Crippen LogP contribution in [0.4, 0.5) is 4.39 Å². The van der Waals surface area contributed by atoms with Crippen LogP contribution in [-0.2, 0) is 20.4 Å². The zero-order valence-electron chi connectivity index (χ0n) is 9.93. The minimum atomic E-state index is -2.68. The quantitative estimate of drug-likeness (QED) is 0.481. The predicted octanol–water partition coefficient (Wildman–Crippen LogP) is 0.994. The second-order valence-electron chi connectivity index (χ2n) is 3.70. The Morgan fingerprint density at radius 2 is 2.32 bits per heavy atom. The minimum Gasteiger partial charge on any atom is -0.346 e. The van der Waals surface area contributed by atoms with Gasteiger partial charge in [0, 0.05) is 4.57 Å². The normalized spacial score (nSPS) is 13.7. The van der Waals surface area contributed by atoms with Gasteiger partial charge in [-0.05, 0) is 6.92 Å². The van der Waals surface area contributed by atoms with E-state index < -0.39 is 14.2 Å². The molecule has 0 spiro atoms. The van der Waals surface area contributed by atoms with Crippen LogP contribution in [0.1, 0.15) is 6.92 Å². The molecular weight excluding hydrogens is 278 g/mol. The number of rotatable bonds is 6. The van der Waals surface area contributed by atoms with Gasteiger partial charge in [-0.3, -0.25) is 0 Å². The lowest BCUT2D eigenvalue weighted by atomic mass is 10.4. The maximum atomic E-state index is 13.3. The SMILES string of the molecule is C[C@H](Cn1cnc2c(F)ncnc21)OCO[P+](=O)O. The largest absolute Gasteiger partial charge is 0.697 e. The second-order valence-corrected chi connectivity index (χ2v) is 4.43. The van der Waals surface area contributed by atoms with Crippen LogP contribution in [0.15, 0.2) is 12.7 Å². The highest BCUT2D eigenvalue weighted by atomic mass is 31.1. The van der Waals surface area contributed by atoms with E-state index in [1.54, 1.807) is 11.5 Å². The van der Waals surface area contributed by atoms with Gasteiger partial charge in [-0.1, -0.05) is 4.52 Å². The predicted molar refractivity (Wildman–Crippen MR) is 61.6 cm³/mol. The first kappa shape index (κ1) is 13.9. The average Bonchev–Trinajstić information content (AvgIpc) is 2.73. The van der Waals surface area contributed by atoms with Gasteiger partial charge < -0.3 is 9.30 Å². The van der Waals surface area contributed by atoms with E-state index >= 15 is 0 Å². The van der Waals surface area contributed by atoms with Crippen LogP contribution >= 0.6 is 8.25 Å². The Balaban J connectivity index is 2.01. The number of ether oxygens (including phenoxy) is 1. The van der Waals surface area contributed by atoms with Crippen molar-refractivity contribution in [1.29, 1.82) is 0 Å². The molecule has 0 saturated heterocycles. The van der Waals surface area contributed by atoms with Gasteiger partial charge in [0.15, 0.2) is 11.2 Å². The van der Waals surface area contributed by atoms with Crippen molar-refractivity contribution in [2.24, 2.45) is 0 Å². The third-order valence-electron chi connectivity index (χ3n) is 2.33. The molecule has 0 radical (unpaired) electrons. The third-order valence-corrected chi connectivity index (χ3v) is 2.65. The van der Waals surface area contributed by atoms with Crippen molar-refractivity contribution >= 4 is 19.4 Å². The maximum absolute atomic E-state index is 13.3. The third kappa shape index (κ3) is 3.48. The number of fused-ring (bicyclic) bond motifs is 1. The van der Waals surface area contributed by atoms with Gasteiger partial charge >= 0.3 is 8.25 Å². The first-order valence-electron chi connectivity index (χ1n) is 5.30. The summed E-state index contributed by atoms with van der Waals surface area (Å²) in [7, 11) is -2.68. The van der Waals surface area contributed by atoms with Crippen molar-refractivity contribution in [2.45, 2.75) is 19.6 Å². The maximum Gasteiger partial charge on any atom is 0.697 e.